The summed E-state index contributed by atoms with van der Waals surface area (Å²) in [5.41, 5.74) is 9.80. The minimum absolute atomic E-state index is 0.234. The van der Waals surface area contributed by atoms with Gasteiger partial charge in [-0.2, -0.15) is 0 Å². The number of rotatable bonds is 8. The lowest BCUT2D eigenvalue weighted by Crippen LogP contribution is -2.30. The molecule has 2 bridgehead atoms. The zero-order valence-electron chi connectivity index (χ0n) is 27.2. The highest BCUT2D eigenvalue weighted by Crippen LogP contribution is 2.43. The maximum Gasteiger partial charge on any atom is 0.337 e. The highest BCUT2D eigenvalue weighted by Gasteiger charge is 2.35. The molecule has 3 heterocycles. The molecule has 1 amide bonds. The van der Waals surface area contributed by atoms with Gasteiger partial charge in [-0.1, -0.05) is 23.8 Å². The number of ether oxygens (including phenoxy) is 3. The number of carbonyl (C=O) groups excluding carboxylic acids is 1. The normalized spacial score (nSPS) is 16.9. The van der Waals surface area contributed by atoms with Gasteiger partial charge in [-0.05, 0) is 100 Å². The number of aromatic nitrogens is 1. The number of nitrogens with two attached hydrogens (primary N) is 1. The Labute approximate surface area is 269 Å². The first-order valence-corrected chi connectivity index (χ1v) is 15.4. The van der Waals surface area contributed by atoms with E-state index in [0.717, 1.165) is 28.7 Å². The Bertz CT molecular complexity index is 1790. The summed E-state index contributed by atoms with van der Waals surface area (Å²) in [7, 11) is 0. The standard InChI is InChI=1S/C37H41N3O6/c1-22-19-29-27(12-14-30(40-29)45-21-24-7-9-25(10-8-24)34(38)41)32(31(22)33(35(42)43)46-36(2,3)4)28-13-11-26-20-23(16-18-44-26)15-17-39-37(28,5)6/h7-15,17,19,33H,16,18,20-21H2,1-6H3,(H2,38,41)(H,42,43). The molecule has 0 saturated carbocycles. The number of benzene rings is 2. The predicted octanol–water partition coefficient (Wildman–Crippen LogP) is 7.03. The molecule has 1 atom stereocenters. The van der Waals surface area contributed by atoms with Crippen molar-refractivity contribution in [2.45, 2.75) is 78.2 Å². The first kappa shape index (κ1) is 32.6. The number of aryl methyl sites for hydroxylation is 1. The zero-order valence-corrected chi connectivity index (χ0v) is 27.2. The van der Waals surface area contributed by atoms with Gasteiger partial charge >= 0.3 is 5.97 Å². The molecule has 1 saturated heterocycles. The second-order valence-electron chi connectivity index (χ2n) is 13.1. The molecule has 0 radical (unpaired) electrons. The third-order valence-corrected chi connectivity index (χ3v) is 7.98. The highest BCUT2D eigenvalue weighted by atomic mass is 16.5. The molecule has 46 heavy (non-hydrogen) atoms. The number of amides is 1. The number of pyridine rings is 1. The Morgan fingerprint density at radius 2 is 1.83 bits per heavy atom. The van der Waals surface area contributed by atoms with Gasteiger partial charge in [0.05, 0.1) is 29.0 Å². The average Bonchev–Trinajstić information content (AvgIpc) is 2.98. The van der Waals surface area contributed by atoms with Crippen molar-refractivity contribution in [1.29, 1.82) is 0 Å². The van der Waals surface area contributed by atoms with Gasteiger partial charge in [0.25, 0.3) is 0 Å². The third-order valence-electron chi connectivity index (χ3n) is 7.98. The van der Waals surface area contributed by atoms with E-state index < -0.39 is 29.1 Å². The molecule has 3 N–H and O–H groups in total. The number of fused-ring (bicyclic) bond motifs is 3. The summed E-state index contributed by atoms with van der Waals surface area (Å²) in [6, 6.07) is 12.4. The maximum atomic E-state index is 12.9. The quantitative estimate of drug-likeness (QED) is 0.275. The van der Waals surface area contributed by atoms with E-state index in [1.165, 1.54) is 5.57 Å². The topological polar surface area (TPSA) is 133 Å². The molecule has 5 rings (SSSR count). The number of aliphatic imine (C=N–C) groups is 1. The highest BCUT2D eigenvalue weighted by molar-refractivity contribution is 5.99. The van der Waals surface area contributed by atoms with Crippen LogP contribution < -0.4 is 10.5 Å². The van der Waals surface area contributed by atoms with Crippen LogP contribution in [0.2, 0.25) is 0 Å². The van der Waals surface area contributed by atoms with Crippen molar-refractivity contribution >= 4 is 34.6 Å². The molecule has 9 heteroatoms. The van der Waals surface area contributed by atoms with Crippen LogP contribution in [0, 0.1) is 6.92 Å². The average molecular weight is 624 g/mol. The van der Waals surface area contributed by atoms with Crippen LogP contribution in [-0.2, 0) is 20.9 Å². The van der Waals surface area contributed by atoms with Crippen LogP contribution >= 0.6 is 0 Å². The number of carboxylic acid groups (broad SMARTS) is 1. The van der Waals surface area contributed by atoms with Crippen LogP contribution in [0.1, 0.15) is 86.2 Å². The molecule has 240 valence electrons. The van der Waals surface area contributed by atoms with Gasteiger partial charge in [0, 0.05) is 41.6 Å². The summed E-state index contributed by atoms with van der Waals surface area (Å²) < 4.78 is 18.3. The van der Waals surface area contributed by atoms with Crippen molar-refractivity contribution in [3.63, 3.8) is 0 Å². The number of allylic oxidation sites excluding steroid dienone is 4. The van der Waals surface area contributed by atoms with Gasteiger partial charge in [0.15, 0.2) is 6.10 Å². The molecular weight excluding hydrogens is 582 g/mol. The lowest BCUT2D eigenvalue weighted by molar-refractivity contribution is -0.160. The van der Waals surface area contributed by atoms with E-state index >= 15 is 0 Å². The van der Waals surface area contributed by atoms with E-state index in [0.29, 0.717) is 46.7 Å². The van der Waals surface area contributed by atoms with Crippen molar-refractivity contribution < 1.29 is 28.9 Å². The summed E-state index contributed by atoms with van der Waals surface area (Å²) in [6.45, 7) is 12.3. The molecule has 1 unspecified atom stereocenters. The minimum Gasteiger partial charge on any atom is -0.497 e. The van der Waals surface area contributed by atoms with Gasteiger partial charge < -0.3 is 25.1 Å². The first-order valence-electron chi connectivity index (χ1n) is 15.4. The number of carbonyl (C=O) groups is 2. The van der Waals surface area contributed by atoms with E-state index in [9.17, 15) is 14.7 Å². The minimum atomic E-state index is -1.25. The molecule has 2 aliphatic heterocycles. The smallest absolute Gasteiger partial charge is 0.337 e. The SMILES string of the molecule is Cc1cc2nc(OCc3ccc(C(N)=O)cc3)ccc2c(C2=CC=C3CC(=CC=NC2(C)C)CCO3)c1C(OC(C)(C)C)C(=O)O. The molecule has 2 aromatic carbocycles. The van der Waals surface area contributed by atoms with E-state index in [2.05, 4.69) is 0 Å². The second kappa shape index (κ2) is 12.9. The van der Waals surface area contributed by atoms with E-state index in [4.69, 9.17) is 29.9 Å². The summed E-state index contributed by atoms with van der Waals surface area (Å²) in [4.78, 5) is 34.1. The third kappa shape index (κ3) is 7.37. The van der Waals surface area contributed by atoms with Crippen LogP contribution in [0.25, 0.3) is 16.5 Å². The molecule has 2 aliphatic rings. The first-order chi connectivity index (χ1) is 21.7. The van der Waals surface area contributed by atoms with E-state index in [1.54, 1.807) is 30.3 Å². The molecule has 0 aliphatic carbocycles. The van der Waals surface area contributed by atoms with Crippen molar-refractivity contribution in [3.05, 3.63) is 99.8 Å². The molecular formula is C37H41N3O6. The zero-order chi connectivity index (χ0) is 33.2. The van der Waals surface area contributed by atoms with Crippen molar-refractivity contribution in [3.8, 4) is 5.88 Å². The predicted molar refractivity (Wildman–Crippen MR) is 179 cm³/mol. The number of hydrogen-bond donors (Lipinski definition) is 2. The van der Waals surface area contributed by atoms with Crippen LogP contribution in [-0.4, -0.2) is 45.9 Å². The molecule has 1 aromatic heterocycles. The van der Waals surface area contributed by atoms with Gasteiger partial charge in [-0.3, -0.25) is 9.79 Å². The van der Waals surface area contributed by atoms with E-state index in [1.807, 2.05) is 78.1 Å². The number of primary amides is 1. The van der Waals surface area contributed by atoms with Crippen molar-refractivity contribution in [1.82, 2.24) is 4.98 Å². The van der Waals surface area contributed by atoms with E-state index in [-0.39, 0.29) is 6.61 Å². The molecule has 1 fully saturated rings. The lowest BCUT2D eigenvalue weighted by Gasteiger charge is -2.32. The largest absolute Gasteiger partial charge is 0.497 e. The fourth-order valence-electron chi connectivity index (χ4n) is 5.71. The Hall–Kier alpha value is -4.76. The monoisotopic (exact) mass is 623 g/mol. The fourth-order valence-corrected chi connectivity index (χ4v) is 5.71. The van der Waals surface area contributed by atoms with Gasteiger partial charge in [-0.25, -0.2) is 9.78 Å². The molecule has 3 aromatic rings. The molecule has 0 spiro atoms. The number of carboxylic acids is 1. The maximum absolute atomic E-state index is 12.9. The van der Waals surface area contributed by atoms with Gasteiger partial charge in [0.2, 0.25) is 11.8 Å². The van der Waals surface area contributed by atoms with Gasteiger partial charge in [-0.15, -0.1) is 0 Å². The summed E-state index contributed by atoms with van der Waals surface area (Å²) >= 11 is 0. The summed E-state index contributed by atoms with van der Waals surface area (Å²) in [6.07, 6.45) is 8.15. The number of hydrogen-bond acceptors (Lipinski definition) is 7. The summed E-state index contributed by atoms with van der Waals surface area (Å²) in [5.74, 6) is -0.330. The molecule has 9 nitrogen and oxygen atoms in total. The van der Waals surface area contributed by atoms with Gasteiger partial charge in [0.1, 0.15) is 6.61 Å². The van der Waals surface area contributed by atoms with Crippen molar-refractivity contribution in [2.75, 3.05) is 6.61 Å². The fraction of sp³-hybridized carbons (Fsp3) is 0.351. The number of aliphatic carboxylic acids is 1. The second-order valence-corrected chi connectivity index (χ2v) is 13.1. The van der Waals surface area contributed by atoms with Crippen molar-refractivity contribution in [2.24, 2.45) is 10.7 Å². The van der Waals surface area contributed by atoms with Crippen LogP contribution in [0.15, 0.2) is 77.0 Å². The number of nitrogens with zero attached hydrogens (tertiary/aromatic N) is 2. The lowest BCUT2D eigenvalue weighted by atomic mass is 9.80. The van der Waals surface area contributed by atoms with Crippen LogP contribution in [0.4, 0.5) is 0 Å². The summed E-state index contributed by atoms with van der Waals surface area (Å²) in [5, 5.41) is 11.3. The Morgan fingerprint density at radius 3 is 2.50 bits per heavy atom. The Balaban J connectivity index is 1.68. The van der Waals surface area contributed by atoms with Crippen LogP contribution in [0.3, 0.4) is 0 Å². The Morgan fingerprint density at radius 1 is 1.09 bits per heavy atom. The Kier molecular flexibility index (Phi) is 9.17. The van der Waals surface area contributed by atoms with Crippen LogP contribution in [0.5, 0.6) is 5.88 Å².